The summed E-state index contributed by atoms with van der Waals surface area (Å²) in [7, 11) is 1.49. The Morgan fingerprint density at radius 1 is 1.14 bits per heavy atom. The van der Waals surface area contributed by atoms with Crippen molar-refractivity contribution in [2.24, 2.45) is 13.0 Å². The van der Waals surface area contributed by atoms with Gasteiger partial charge in [0.15, 0.2) is 0 Å². The molecule has 1 amide bonds. The van der Waals surface area contributed by atoms with E-state index in [1.54, 1.807) is 30.3 Å². The fourth-order valence-electron chi connectivity index (χ4n) is 5.45. The molecule has 1 aliphatic carbocycles. The van der Waals surface area contributed by atoms with E-state index in [9.17, 15) is 28.7 Å². The fourth-order valence-corrected chi connectivity index (χ4v) is 5.90. The normalized spacial score (nSPS) is 13.9. The van der Waals surface area contributed by atoms with Gasteiger partial charge in [0.05, 0.1) is 16.9 Å². The summed E-state index contributed by atoms with van der Waals surface area (Å²) >= 11 is 1.99. The highest BCUT2D eigenvalue weighted by Crippen LogP contribution is 2.34. The van der Waals surface area contributed by atoms with E-state index in [0.717, 1.165) is 0 Å². The molecule has 0 bridgehead atoms. The van der Waals surface area contributed by atoms with Crippen molar-refractivity contribution >= 4 is 56.6 Å². The molecule has 1 unspecified atom stereocenters. The average Bonchev–Trinajstić information content (AvgIpc) is 3.76. The molecule has 4 aromatic rings. The van der Waals surface area contributed by atoms with Gasteiger partial charge in [-0.2, -0.15) is 0 Å². The number of aliphatic hydroxyl groups excluding tert-OH is 1. The van der Waals surface area contributed by atoms with Gasteiger partial charge >= 0.3 is 5.69 Å². The maximum absolute atomic E-state index is 15.0. The smallest absolute Gasteiger partial charge is 0.336 e. The molecule has 10 nitrogen and oxygen atoms in total. The van der Waals surface area contributed by atoms with E-state index in [2.05, 4.69) is 5.32 Å². The minimum absolute atomic E-state index is 0.0488. The summed E-state index contributed by atoms with van der Waals surface area (Å²) in [5.41, 5.74) is -0.748. The molecule has 1 fully saturated rings. The molecular formula is C31H33FIN5O5. The second-order valence-corrected chi connectivity index (χ2v) is 12.6. The van der Waals surface area contributed by atoms with Crippen molar-refractivity contribution in [1.82, 2.24) is 13.7 Å². The Labute approximate surface area is 260 Å². The average molecular weight is 702 g/mol. The Morgan fingerprint density at radius 3 is 2.44 bits per heavy atom. The van der Waals surface area contributed by atoms with Crippen LogP contribution in [-0.2, 0) is 11.8 Å². The number of aromatic nitrogens is 3. The first kappa shape index (κ1) is 30.7. The lowest BCUT2D eigenvalue weighted by Gasteiger charge is -2.28. The van der Waals surface area contributed by atoms with Gasteiger partial charge in [-0.3, -0.25) is 33.0 Å². The summed E-state index contributed by atoms with van der Waals surface area (Å²) in [4.78, 5) is 55.6. The van der Waals surface area contributed by atoms with Gasteiger partial charge < -0.3 is 10.4 Å². The Kier molecular flexibility index (Phi) is 8.36. The molecule has 226 valence electrons. The molecule has 2 aromatic heterocycles. The number of pyridine rings is 1. The number of carbonyl (C=O) groups is 1. The van der Waals surface area contributed by atoms with Crippen LogP contribution in [0.3, 0.4) is 0 Å². The van der Waals surface area contributed by atoms with E-state index in [-0.39, 0.29) is 45.8 Å². The van der Waals surface area contributed by atoms with Crippen LogP contribution < -0.4 is 27.0 Å². The fraction of sp³-hybridized carbons (Fsp3) is 0.355. The second kappa shape index (κ2) is 11.7. The lowest BCUT2D eigenvalue weighted by atomic mass is 10.1. The Bertz CT molecular complexity index is 1940. The van der Waals surface area contributed by atoms with E-state index in [4.69, 9.17) is 0 Å². The Hall–Kier alpha value is -3.78. The molecule has 0 aliphatic heterocycles. The first-order valence-corrected chi connectivity index (χ1v) is 15.1. The second-order valence-electron chi connectivity index (χ2n) is 11.4. The molecule has 1 atom stereocenters. The van der Waals surface area contributed by atoms with E-state index >= 15 is 0 Å². The Morgan fingerprint density at radius 2 is 1.84 bits per heavy atom. The minimum Gasteiger partial charge on any atom is -0.373 e. The molecule has 12 heteroatoms. The number of hydrogen-bond donors (Lipinski definition) is 2. The summed E-state index contributed by atoms with van der Waals surface area (Å²) < 4.78 is 19.4. The van der Waals surface area contributed by atoms with Crippen LogP contribution in [0, 0.1) is 22.2 Å². The van der Waals surface area contributed by atoms with Gasteiger partial charge in [-0.15, -0.1) is 0 Å². The molecule has 2 aromatic carbocycles. The zero-order chi connectivity index (χ0) is 31.3. The molecule has 0 spiro atoms. The number of rotatable bonds is 8. The Balaban J connectivity index is 1.84. The molecule has 0 saturated heterocycles. The summed E-state index contributed by atoms with van der Waals surface area (Å²) in [6.07, 6.45) is 0.507. The lowest BCUT2D eigenvalue weighted by Crippen LogP contribution is -2.41. The van der Waals surface area contributed by atoms with Crippen LogP contribution in [0.2, 0.25) is 0 Å². The van der Waals surface area contributed by atoms with Gasteiger partial charge in [0.2, 0.25) is 5.91 Å². The monoisotopic (exact) mass is 701 g/mol. The number of amides is 1. The van der Waals surface area contributed by atoms with Crippen molar-refractivity contribution in [3.63, 3.8) is 0 Å². The van der Waals surface area contributed by atoms with Gasteiger partial charge in [0, 0.05) is 34.8 Å². The summed E-state index contributed by atoms with van der Waals surface area (Å²) in [5, 5.41) is 13.9. The van der Waals surface area contributed by atoms with Crippen LogP contribution >= 0.6 is 22.6 Å². The number of anilines is 3. The van der Waals surface area contributed by atoms with Gasteiger partial charge in [-0.25, -0.2) is 9.18 Å². The van der Waals surface area contributed by atoms with E-state index in [0.29, 0.717) is 34.2 Å². The number of aliphatic hydroxyl groups is 1. The number of aryl methyl sites for hydroxylation is 1. The number of nitrogens with zero attached hydrogens (tertiary/aromatic N) is 4. The highest BCUT2D eigenvalue weighted by molar-refractivity contribution is 14.1. The summed E-state index contributed by atoms with van der Waals surface area (Å²) in [5.74, 6) is -0.799. The van der Waals surface area contributed by atoms with Gasteiger partial charge in [0.25, 0.3) is 11.1 Å². The predicted molar refractivity (Wildman–Crippen MR) is 173 cm³/mol. The lowest BCUT2D eigenvalue weighted by molar-refractivity contribution is -0.118. The molecule has 43 heavy (non-hydrogen) atoms. The standard InChI is InChI=1S/C31H33FIN5O5/c1-16(2)13-25(40)36(18(4)39)21-7-6-8-22(15-21)37-27-17(3)29(41)35(5)28(34-24-12-9-19(33)14-23(24)32)26(27)30(42)38(31(37)43)20-10-11-20/h6-9,12,14-16,20,25,34,40H,10-11,13H2,1-5H3. The van der Waals surface area contributed by atoms with E-state index < -0.39 is 28.9 Å². The first-order valence-electron chi connectivity index (χ1n) is 14.0. The molecule has 5 rings (SSSR count). The number of carbonyl (C=O) groups excluding carboxylic acids is 1. The first-order chi connectivity index (χ1) is 20.3. The quantitative estimate of drug-likeness (QED) is 0.203. The SMILES string of the molecule is CC(=O)N(c1cccc(-n2c(=O)n(C3CC3)c(=O)c3c(Nc4ccc(I)cc4F)n(C)c(=O)c(C)c32)c1)C(O)CC(C)C. The topological polar surface area (TPSA) is 119 Å². The predicted octanol–water partition coefficient (Wildman–Crippen LogP) is 4.70. The third-order valence-electron chi connectivity index (χ3n) is 7.63. The molecule has 0 radical (unpaired) electrons. The highest BCUT2D eigenvalue weighted by atomic mass is 127. The van der Waals surface area contributed by atoms with E-state index in [1.807, 2.05) is 36.4 Å². The van der Waals surface area contributed by atoms with Crippen molar-refractivity contribution in [1.29, 1.82) is 0 Å². The maximum Gasteiger partial charge on any atom is 0.336 e. The van der Waals surface area contributed by atoms with Crippen LogP contribution in [-0.4, -0.2) is 30.9 Å². The zero-order valence-electron chi connectivity index (χ0n) is 24.5. The number of benzene rings is 2. The van der Waals surface area contributed by atoms with Crippen molar-refractivity contribution < 1.29 is 14.3 Å². The third kappa shape index (κ3) is 5.65. The van der Waals surface area contributed by atoms with Gasteiger partial charge in [0.1, 0.15) is 23.2 Å². The molecule has 2 heterocycles. The molecule has 1 aliphatic rings. The molecule has 2 N–H and O–H groups in total. The molecule has 1 saturated carbocycles. The van der Waals surface area contributed by atoms with Crippen molar-refractivity contribution in [2.75, 3.05) is 10.2 Å². The van der Waals surface area contributed by atoms with Crippen LogP contribution in [0.5, 0.6) is 0 Å². The summed E-state index contributed by atoms with van der Waals surface area (Å²) in [6.45, 7) is 6.75. The largest absolute Gasteiger partial charge is 0.373 e. The minimum atomic E-state index is -1.10. The number of nitrogens with one attached hydrogen (secondary N) is 1. The van der Waals surface area contributed by atoms with Gasteiger partial charge in [-0.1, -0.05) is 19.9 Å². The van der Waals surface area contributed by atoms with Crippen LogP contribution in [0.15, 0.2) is 56.8 Å². The number of fused-ring (bicyclic) bond motifs is 1. The molecular weight excluding hydrogens is 668 g/mol. The van der Waals surface area contributed by atoms with Crippen molar-refractivity contribution in [3.05, 3.63) is 88.6 Å². The van der Waals surface area contributed by atoms with Gasteiger partial charge in [-0.05, 0) is 91.1 Å². The maximum atomic E-state index is 15.0. The zero-order valence-corrected chi connectivity index (χ0v) is 26.7. The van der Waals surface area contributed by atoms with Crippen LogP contribution in [0.25, 0.3) is 16.6 Å². The van der Waals surface area contributed by atoms with Crippen molar-refractivity contribution in [2.45, 2.75) is 59.2 Å². The number of hydrogen-bond acceptors (Lipinski definition) is 6. The third-order valence-corrected chi connectivity index (χ3v) is 8.30. The highest BCUT2D eigenvalue weighted by Gasteiger charge is 2.32. The summed E-state index contributed by atoms with van der Waals surface area (Å²) in [6, 6.07) is 10.7. The van der Waals surface area contributed by atoms with Crippen LogP contribution in [0.1, 0.15) is 51.6 Å². The number of halogens is 2. The van der Waals surface area contributed by atoms with Crippen LogP contribution in [0.4, 0.5) is 21.6 Å². The van der Waals surface area contributed by atoms with E-state index in [1.165, 1.54) is 51.6 Å². The van der Waals surface area contributed by atoms with Crippen molar-refractivity contribution in [3.8, 4) is 5.69 Å².